The van der Waals surface area contributed by atoms with Crippen LogP contribution in [0.15, 0.2) is 35.3 Å². The highest BCUT2D eigenvalue weighted by Gasteiger charge is 2.18. The van der Waals surface area contributed by atoms with Gasteiger partial charge < -0.3 is 15.5 Å². The van der Waals surface area contributed by atoms with Gasteiger partial charge in [0.05, 0.1) is 0 Å². The first kappa shape index (κ1) is 23.2. The van der Waals surface area contributed by atoms with Crippen LogP contribution in [0.3, 0.4) is 0 Å². The molecule has 0 aromatic heterocycles. The average molecular weight is 472 g/mol. The van der Waals surface area contributed by atoms with Crippen LogP contribution in [0.25, 0.3) is 0 Å². The maximum Gasteiger partial charge on any atom is 0.191 e. The number of guanidine groups is 1. The van der Waals surface area contributed by atoms with Crippen LogP contribution in [-0.2, 0) is 0 Å². The maximum atomic E-state index is 4.80. The summed E-state index contributed by atoms with van der Waals surface area (Å²) < 4.78 is 0. The summed E-state index contributed by atoms with van der Waals surface area (Å²) in [4.78, 5) is 7.40. The number of nitrogens with zero attached hydrogens (tertiary/aromatic N) is 2. The number of aliphatic imine (C=N–C) groups is 1. The van der Waals surface area contributed by atoms with Gasteiger partial charge in [-0.05, 0) is 57.3 Å². The van der Waals surface area contributed by atoms with E-state index < -0.39 is 0 Å². The topological polar surface area (TPSA) is 39.7 Å². The van der Waals surface area contributed by atoms with Crippen molar-refractivity contribution in [3.63, 3.8) is 0 Å². The minimum atomic E-state index is 0. The molecule has 0 saturated carbocycles. The molecular formula is C21H37IN4. The lowest BCUT2D eigenvalue weighted by Crippen LogP contribution is -2.43. The van der Waals surface area contributed by atoms with Gasteiger partial charge in [-0.15, -0.1) is 24.0 Å². The van der Waals surface area contributed by atoms with Gasteiger partial charge in [0, 0.05) is 25.6 Å². The normalized spacial score (nSPS) is 17.4. The number of benzene rings is 1. The van der Waals surface area contributed by atoms with Crippen LogP contribution in [-0.4, -0.2) is 50.1 Å². The van der Waals surface area contributed by atoms with Crippen LogP contribution in [0.1, 0.15) is 51.5 Å². The third-order valence-electron chi connectivity index (χ3n) is 5.04. The molecule has 148 valence electrons. The largest absolute Gasteiger partial charge is 0.357 e. The summed E-state index contributed by atoms with van der Waals surface area (Å²) in [6, 6.07) is 10.6. The zero-order chi connectivity index (χ0) is 17.9. The van der Waals surface area contributed by atoms with Gasteiger partial charge in [-0.25, -0.2) is 0 Å². The first-order valence-corrected chi connectivity index (χ1v) is 10.0. The Bertz CT molecular complexity index is 498. The standard InChI is InChI=1S/C21H36N4.HI/c1-4-13-25-14-11-19(12-15-25)17-24-21(22-5-2)23-16-18(3)20-9-7-6-8-10-20;/h6-10,18-19H,4-5,11-17H2,1-3H3,(H2,22,23,24);1H. The fraction of sp³-hybridized carbons (Fsp3) is 0.667. The molecule has 2 rings (SSSR count). The van der Waals surface area contributed by atoms with Crippen molar-refractivity contribution in [1.29, 1.82) is 0 Å². The molecule has 2 N–H and O–H groups in total. The lowest BCUT2D eigenvalue weighted by molar-refractivity contribution is 0.185. The molecule has 1 heterocycles. The first-order chi connectivity index (χ1) is 12.2. The van der Waals surface area contributed by atoms with Crippen molar-refractivity contribution in [2.75, 3.05) is 39.3 Å². The fourth-order valence-electron chi connectivity index (χ4n) is 3.43. The molecule has 26 heavy (non-hydrogen) atoms. The summed E-state index contributed by atoms with van der Waals surface area (Å²) in [7, 11) is 0. The first-order valence-electron chi connectivity index (χ1n) is 10.0. The second-order valence-corrected chi connectivity index (χ2v) is 7.20. The van der Waals surface area contributed by atoms with Gasteiger partial charge in [0.25, 0.3) is 0 Å². The highest BCUT2D eigenvalue weighted by Crippen LogP contribution is 2.17. The van der Waals surface area contributed by atoms with E-state index in [1.807, 2.05) is 0 Å². The molecule has 1 unspecified atom stereocenters. The number of rotatable bonds is 8. The number of nitrogens with one attached hydrogen (secondary N) is 2. The van der Waals surface area contributed by atoms with Crippen LogP contribution in [0.2, 0.25) is 0 Å². The Hall–Kier alpha value is -0.820. The second-order valence-electron chi connectivity index (χ2n) is 7.20. The molecule has 5 heteroatoms. The molecule has 1 aliphatic heterocycles. The third kappa shape index (κ3) is 8.25. The predicted octanol–water partition coefficient (Wildman–Crippen LogP) is 4.09. The summed E-state index contributed by atoms with van der Waals surface area (Å²) in [5.74, 6) is 2.17. The van der Waals surface area contributed by atoms with Gasteiger partial charge in [0.1, 0.15) is 0 Å². The molecule has 1 atom stereocenters. The molecule has 0 bridgehead atoms. The monoisotopic (exact) mass is 472 g/mol. The Kier molecular flexibility index (Phi) is 11.9. The molecule has 4 nitrogen and oxygen atoms in total. The van der Waals surface area contributed by atoms with Crippen LogP contribution < -0.4 is 10.6 Å². The zero-order valence-electron chi connectivity index (χ0n) is 16.7. The van der Waals surface area contributed by atoms with E-state index in [-0.39, 0.29) is 24.0 Å². The highest BCUT2D eigenvalue weighted by molar-refractivity contribution is 14.0. The van der Waals surface area contributed by atoms with E-state index in [9.17, 15) is 0 Å². The van der Waals surface area contributed by atoms with Crippen molar-refractivity contribution < 1.29 is 0 Å². The quantitative estimate of drug-likeness (QED) is 0.340. The summed E-state index contributed by atoms with van der Waals surface area (Å²) in [6.45, 7) is 13.1. The minimum Gasteiger partial charge on any atom is -0.357 e. The Morgan fingerprint density at radius 3 is 2.46 bits per heavy atom. The van der Waals surface area contributed by atoms with Gasteiger partial charge in [0.15, 0.2) is 5.96 Å². The lowest BCUT2D eigenvalue weighted by Gasteiger charge is -2.32. The van der Waals surface area contributed by atoms with Crippen LogP contribution in [0, 0.1) is 5.92 Å². The molecule has 1 aromatic carbocycles. The molecule has 0 amide bonds. The molecule has 1 fully saturated rings. The summed E-state index contributed by atoms with van der Waals surface area (Å²) >= 11 is 0. The van der Waals surface area contributed by atoms with E-state index in [2.05, 4.69) is 66.6 Å². The Morgan fingerprint density at radius 1 is 1.15 bits per heavy atom. The Labute approximate surface area is 177 Å². The van der Waals surface area contributed by atoms with Crippen molar-refractivity contribution in [2.24, 2.45) is 10.9 Å². The number of piperidine rings is 1. The van der Waals surface area contributed by atoms with Crippen LogP contribution >= 0.6 is 24.0 Å². The van der Waals surface area contributed by atoms with Crippen molar-refractivity contribution in [3.05, 3.63) is 35.9 Å². The molecule has 0 spiro atoms. The van der Waals surface area contributed by atoms with Crippen LogP contribution in [0.5, 0.6) is 0 Å². The number of halogens is 1. The average Bonchev–Trinajstić information content (AvgIpc) is 2.66. The van der Waals surface area contributed by atoms with Crippen molar-refractivity contribution in [3.8, 4) is 0 Å². The second kappa shape index (κ2) is 13.4. The Morgan fingerprint density at radius 2 is 1.85 bits per heavy atom. The molecule has 0 aliphatic carbocycles. The molecule has 1 saturated heterocycles. The highest BCUT2D eigenvalue weighted by atomic mass is 127. The van der Waals surface area contributed by atoms with E-state index in [1.54, 1.807) is 0 Å². The summed E-state index contributed by atoms with van der Waals surface area (Å²) in [5.41, 5.74) is 1.35. The SMILES string of the molecule is CCCN1CCC(CNC(=NCC(C)c2ccccc2)NCC)CC1.I. The molecule has 0 radical (unpaired) electrons. The van der Waals surface area contributed by atoms with Gasteiger partial charge >= 0.3 is 0 Å². The molecule has 1 aliphatic rings. The van der Waals surface area contributed by atoms with Crippen molar-refractivity contribution in [2.45, 2.75) is 46.0 Å². The van der Waals surface area contributed by atoms with Gasteiger partial charge in [-0.1, -0.05) is 44.2 Å². The van der Waals surface area contributed by atoms with E-state index in [1.165, 1.54) is 44.5 Å². The molecule has 1 aromatic rings. The van der Waals surface area contributed by atoms with Gasteiger partial charge in [0.2, 0.25) is 0 Å². The van der Waals surface area contributed by atoms with Gasteiger partial charge in [-0.2, -0.15) is 0 Å². The smallest absolute Gasteiger partial charge is 0.191 e. The minimum absolute atomic E-state index is 0. The zero-order valence-corrected chi connectivity index (χ0v) is 19.0. The van der Waals surface area contributed by atoms with Crippen molar-refractivity contribution >= 4 is 29.9 Å². The lowest BCUT2D eigenvalue weighted by atomic mass is 9.97. The third-order valence-corrected chi connectivity index (χ3v) is 5.04. The maximum absolute atomic E-state index is 4.80. The predicted molar refractivity (Wildman–Crippen MR) is 124 cm³/mol. The number of hydrogen-bond acceptors (Lipinski definition) is 2. The van der Waals surface area contributed by atoms with E-state index >= 15 is 0 Å². The Balaban J connectivity index is 0.00000338. The van der Waals surface area contributed by atoms with E-state index in [4.69, 9.17) is 4.99 Å². The van der Waals surface area contributed by atoms with Crippen molar-refractivity contribution in [1.82, 2.24) is 15.5 Å². The number of likely N-dealkylation sites (tertiary alicyclic amines) is 1. The summed E-state index contributed by atoms with van der Waals surface area (Å²) in [6.07, 6.45) is 3.86. The van der Waals surface area contributed by atoms with E-state index in [0.29, 0.717) is 5.92 Å². The van der Waals surface area contributed by atoms with Gasteiger partial charge in [-0.3, -0.25) is 4.99 Å². The fourth-order valence-corrected chi connectivity index (χ4v) is 3.43. The number of hydrogen-bond donors (Lipinski definition) is 2. The van der Waals surface area contributed by atoms with Crippen LogP contribution in [0.4, 0.5) is 0 Å². The summed E-state index contributed by atoms with van der Waals surface area (Å²) in [5, 5.41) is 6.95. The van der Waals surface area contributed by atoms with E-state index in [0.717, 1.165) is 31.5 Å². The molecular weight excluding hydrogens is 435 g/mol.